The van der Waals surface area contributed by atoms with Crippen LogP contribution in [0.2, 0.25) is 10.0 Å². The van der Waals surface area contributed by atoms with Gasteiger partial charge in [-0.2, -0.15) is 0 Å². The van der Waals surface area contributed by atoms with Gasteiger partial charge in [0, 0.05) is 19.7 Å². The second-order valence-corrected chi connectivity index (χ2v) is 5.77. The van der Waals surface area contributed by atoms with Crippen LogP contribution >= 0.6 is 23.2 Å². The average Bonchev–Trinajstić information content (AvgIpc) is 2.28. The van der Waals surface area contributed by atoms with Gasteiger partial charge in [0.05, 0.1) is 15.6 Å². The smallest absolute Gasteiger partial charge is 0.246 e. The number of rotatable bonds is 4. The van der Waals surface area contributed by atoms with Crippen molar-refractivity contribution in [1.82, 2.24) is 4.90 Å². The van der Waals surface area contributed by atoms with Gasteiger partial charge in [0.15, 0.2) is 0 Å². The van der Waals surface area contributed by atoms with E-state index in [1.807, 2.05) is 0 Å². The number of aliphatic hydroxyl groups is 1. The summed E-state index contributed by atoms with van der Waals surface area (Å²) < 4.78 is 0. The number of nitrogens with zero attached hydrogens (tertiary/aromatic N) is 1. The summed E-state index contributed by atoms with van der Waals surface area (Å²) in [6.07, 6.45) is 3.01. The minimum atomic E-state index is -0.925. The first-order chi connectivity index (χ1) is 8.70. The van der Waals surface area contributed by atoms with E-state index in [-0.39, 0.29) is 12.5 Å². The van der Waals surface area contributed by atoms with E-state index < -0.39 is 5.60 Å². The summed E-state index contributed by atoms with van der Waals surface area (Å²) in [7, 11) is 1.63. The van der Waals surface area contributed by atoms with E-state index in [1.54, 1.807) is 45.2 Å². The molecule has 0 saturated carbocycles. The third-order valence-corrected chi connectivity index (χ3v) is 3.22. The average molecular weight is 302 g/mol. The Hall–Kier alpha value is -1.03. The molecule has 1 amide bonds. The maximum absolute atomic E-state index is 11.8. The Labute approximate surface area is 123 Å². The number of halogens is 2. The molecule has 1 aromatic rings. The molecule has 104 valence electrons. The van der Waals surface area contributed by atoms with Crippen molar-refractivity contribution in [2.45, 2.75) is 19.4 Å². The number of carbonyl (C=O) groups is 1. The highest BCUT2D eigenvalue weighted by atomic mass is 35.5. The lowest BCUT2D eigenvalue weighted by molar-refractivity contribution is -0.127. The fourth-order valence-electron chi connectivity index (χ4n) is 1.60. The van der Waals surface area contributed by atoms with Crippen molar-refractivity contribution in [2.75, 3.05) is 13.6 Å². The number of amides is 1. The molecule has 0 saturated heterocycles. The van der Waals surface area contributed by atoms with E-state index in [9.17, 15) is 9.90 Å². The van der Waals surface area contributed by atoms with Crippen LogP contribution in [-0.2, 0) is 4.79 Å². The minimum Gasteiger partial charge on any atom is -0.389 e. The van der Waals surface area contributed by atoms with Crippen LogP contribution in [0.15, 0.2) is 24.3 Å². The van der Waals surface area contributed by atoms with Crippen LogP contribution < -0.4 is 0 Å². The van der Waals surface area contributed by atoms with Gasteiger partial charge < -0.3 is 10.0 Å². The van der Waals surface area contributed by atoms with Crippen LogP contribution in [0.4, 0.5) is 0 Å². The molecule has 0 bridgehead atoms. The Kier molecular flexibility index (Phi) is 5.41. The highest BCUT2D eigenvalue weighted by Gasteiger charge is 2.17. The van der Waals surface area contributed by atoms with E-state index in [1.165, 1.54) is 11.0 Å². The number of benzene rings is 1. The second kappa shape index (κ2) is 6.42. The molecular weight excluding hydrogens is 285 g/mol. The Morgan fingerprint density at radius 1 is 1.42 bits per heavy atom. The molecule has 0 aliphatic heterocycles. The van der Waals surface area contributed by atoms with Crippen molar-refractivity contribution in [3.63, 3.8) is 0 Å². The summed E-state index contributed by atoms with van der Waals surface area (Å²) in [5.41, 5.74) is -0.245. The third kappa shape index (κ3) is 5.23. The predicted octanol–water partition coefficient (Wildman–Crippen LogP) is 3.24. The molecule has 1 N–H and O–H groups in total. The molecule has 0 aliphatic carbocycles. The van der Waals surface area contributed by atoms with Crippen LogP contribution in [0, 0.1) is 0 Å². The molecule has 1 rings (SSSR count). The Balaban J connectivity index is 2.76. The largest absolute Gasteiger partial charge is 0.389 e. The number of hydrogen-bond acceptors (Lipinski definition) is 2. The first-order valence-corrected chi connectivity index (χ1v) is 6.56. The maximum atomic E-state index is 11.8. The highest BCUT2D eigenvalue weighted by Crippen LogP contribution is 2.26. The second-order valence-electron chi connectivity index (χ2n) is 4.98. The zero-order chi connectivity index (χ0) is 14.6. The Morgan fingerprint density at radius 3 is 2.63 bits per heavy atom. The van der Waals surface area contributed by atoms with Gasteiger partial charge in [-0.1, -0.05) is 35.3 Å². The molecule has 0 spiro atoms. The quantitative estimate of drug-likeness (QED) is 0.867. The van der Waals surface area contributed by atoms with Crippen LogP contribution in [0.25, 0.3) is 6.08 Å². The zero-order valence-electron chi connectivity index (χ0n) is 11.2. The number of likely N-dealkylation sites (N-methyl/N-ethyl adjacent to an activating group) is 1. The monoisotopic (exact) mass is 301 g/mol. The summed E-state index contributed by atoms with van der Waals surface area (Å²) >= 11 is 11.9. The molecule has 0 aliphatic rings. The lowest BCUT2D eigenvalue weighted by Gasteiger charge is -2.24. The molecule has 0 radical (unpaired) electrons. The number of hydrogen-bond donors (Lipinski definition) is 1. The molecule has 5 heteroatoms. The van der Waals surface area contributed by atoms with Crippen LogP contribution in [0.3, 0.4) is 0 Å². The van der Waals surface area contributed by atoms with E-state index in [0.717, 1.165) is 0 Å². The van der Waals surface area contributed by atoms with Gasteiger partial charge in [-0.3, -0.25) is 4.79 Å². The molecule has 0 heterocycles. The summed E-state index contributed by atoms with van der Waals surface area (Å²) in [5, 5.41) is 10.5. The number of carbonyl (C=O) groups excluding carboxylic acids is 1. The fraction of sp³-hybridized carbons (Fsp3) is 0.357. The summed E-state index contributed by atoms with van der Waals surface area (Å²) in [4.78, 5) is 13.3. The summed E-state index contributed by atoms with van der Waals surface area (Å²) in [5.74, 6) is -0.210. The Morgan fingerprint density at radius 2 is 2.05 bits per heavy atom. The Bertz CT molecular complexity index is 493. The van der Waals surface area contributed by atoms with E-state index in [4.69, 9.17) is 23.2 Å². The van der Waals surface area contributed by atoms with Crippen molar-refractivity contribution in [3.8, 4) is 0 Å². The van der Waals surface area contributed by atoms with E-state index in [2.05, 4.69) is 0 Å². The summed E-state index contributed by atoms with van der Waals surface area (Å²) in [6.45, 7) is 3.54. The predicted molar refractivity (Wildman–Crippen MR) is 79.4 cm³/mol. The molecule has 19 heavy (non-hydrogen) atoms. The highest BCUT2D eigenvalue weighted by molar-refractivity contribution is 6.42. The molecule has 1 aromatic carbocycles. The molecule has 0 aromatic heterocycles. The van der Waals surface area contributed by atoms with Gasteiger partial charge in [-0.05, 0) is 31.6 Å². The van der Waals surface area contributed by atoms with E-state index >= 15 is 0 Å². The topological polar surface area (TPSA) is 40.5 Å². The van der Waals surface area contributed by atoms with Crippen molar-refractivity contribution >= 4 is 35.2 Å². The van der Waals surface area contributed by atoms with Crippen molar-refractivity contribution in [2.24, 2.45) is 0 Å². The molecule has 0 unspecified atom stereocenters. The van der Waals surface area contributed by atoms with Crippen molar-refractivity contribution < 1.29 is 9.90 Å². The van der Waals surface area contributed by atoms with Gasteiger partial charge in [-0.25, -0.2) is 0 Å². The van der Waals surface area contributed by atoms with Gasteiger partial charge in [0.2, 0.25) is 5.91 Å². The molecule has 3 nitrogen and oxygen atoms in total. The standard InChI is InChI=1S/C14H17Cl2NO2/c1-14(2,19)9-17(3)12(18)8-7-10-5-4-6-11(15)13(10)16/h4-8,19H,9H2,1-3H3/b8-7+. The van der Waals surface area contributed by atoms with Crippen molar-refractivity contribution in [3.05, 3.63) is 39.9 Å². The minimum absolute atomic E-state index is 0.210. The molecule has 0 atom stereocenters. The summed E-state index contributed by atoms with van der Waals surface area (Å²) in [6, 6.07) is 5.22. The van der Waals surface area contributed by atoms with Gasteiger partial charge in [-0.15, -0.1) is 0 Å². The van der Waals surface area contributed by atoms with E-state index in [0.29, 0.717) is 15.6 Å². The first-order valence-electron chi connectivity index (χ1n) is 5.80. The van der Waals surface area contributed by atoms with Crippen LogP contribution in [0.5, 0.6) is 0 Å². The van der Waals surface area contributed by atoms with Crippen LogP contribution in [-0.4, -0.2) is 35.1 Å². The fourth-order valence-corrected chi connectivity index (χ4v) is 1.97. The molecule has 0 fully saturated rings. The van der Waals surface area contributed by atoms with Crippen molar-refractivity contribution in [1.29, 1.82) is 0 Å². The van der Waals surface area contributed by atoms with Gasteiger partial charge in [0.1, 0.15) is 0 Å². The third-order valence-electron chi connectivity index (χ3n) is 2.39. The lowest BCUT2D eigenvalue weighted by Crippen LogP contribution is -2.38. The lowest BCUT2D eigenvalue weighted by atomic mass is 10.1. The molecular formula is C14H17Cl2NO2. The first kappa shape index (κ1) is 16.0. The van der Waals surface area contributed by atoms with Gasteiger partial charge in [0.25, 0.3) is 0 Å². The zero-order valence-corrected chi connectivity index (χ0v) is 12.7. The van der Waals surface area contributed by atoms with Gasteiger partial charge >= 0.3 is 0 Å². The maximum Gasteiger partial charge on any atom is 0.246 e. The SMILES string of the molecule is CN(CC(C)(C)O)C(=O)/C=C/c1cccc(Cl)c1Cl. The van der Waals surface area contributed by atoms with Crippen LogP contribution in [0.1, 0.15) is 19.4 Å². The normalized spacial score (nSPS) is 11.9.